The number of hydrogen-bond donors (Lipinski definition) is 1. The second kappa shape index (κ2) is 5.20. The summed E-state index contributed by atoms with van der Waals surface area (Å²) in [5.74, 6) is 0.229. The van der Waals surface area contributed by atoms with Crippen molar-refractivity contribution >= 4 is 0 Å². The van der Waals surface area contributed by atoms with Gasteiger partial charge >= 0.3 is 6.36 Å². The van der Waals surface area contributed by atoms with Crippen LogP contribution in [0.5, 0.6) is 5.75 Å². The fourth-order valence-corrected chi connectivity index (χ4v) is 3.86. The van der Waals surface area contributed by atoms with Crippen LogP contribution in [0.25, 0.3) is 0 Å². The van der Waals surface area contributed by atoms with E-state index in [1.165, 1.54) is 12.1 Å². The third kappa shape index (κ3) is 4.13. The first-order valence-electron chi connectivity index (χ1n) is 7.14. The van der Waals surface area contributed by atoms with Gasteiger partial charge in [-0.05, 0) is 48.3 Å². The van der Waals surface area contributed by atoms with Gasteiger partial charge in [-0.25, -0.2) is 0 Å². The van der Waals surface area contributed by atoms with Crippen LogP contribution in [0.15, 0.2) is 24.3 Å². The molecule has 2 unspecified atom stereocenters. The van der Waals surface area contributed by atoms with E-state index in [1.807, 2.05) is 0 Å². The standard InChI is InChI=1S/C16H22F3NO/c1-11-8-14(2,3)10-15(20,9-11)12-5-4-6-13(7-12)21-16(17,18)19/h4-7,11H,8-10,20H2,1-3H3. The first kappa shape index (κ1) is 16.1. The van der Waals surface area contributed by atoms with Crippen molar-refractivity contribution in [1.29, 1.82) is 0 Å². The third-order valence-corrected chi connectivity index (χ3v) is 4.05. The first-order valence-corrected chi connectivity index (χ1v) is 7.14. The maximum Gasteiger partial charge on any atom is 0.573 e. The molecule has 0 spiro atoms. The van der Waals surface area contributed by atoms with E-state index in [4.69, 9.17) is 5.73 Å². The molecule has 0 saturated heterocycles. The Balaban J connectivity index is 2.30. The maximum atomic E-state index is 12.3. The zero-order valence-electron chi connectivity index (χ0n) is 12.6. The maximum absolute atomic E-state index is 12.3. The van der Waals surface area contributed by atoms with Crippen molar-refractivity contribution in [1.82, 2.24) is 0 Å². The van der Waals surface area contributed by atoms with Crippen molar-refractivity contribution in [2.45, 2.75) is 51.9 Å². The number of halogens is 3. The number of alkyl halides is 3. The number of hydrogen-bond acceptors (Lipinski definition) is 2. The van der Waals surface area contributed by atoms with Crippen molar-refractivity contribution in [3.8, 4) is 5.75 Å². The minimum absolute atomic E-state index is 0.0767. The van der Waals surface area contributed by atoms with Crippen LogP contribution >= 0.6 is 0 Å². The Morgan fingerprint density at radius 3 is 2.48 bits per heavy atom. The van der Waals surface area contributed by atoms with E-state index in [0.717, 1.165) is 19.3 Å². The summed E-state index contributed by atoms with van der Waals surface area (Å²) < 4.78 is 41.0. The predicted molar refractivity (Wildman–Crippen MR) is 75.8 cm³/mol. The summed E-state index contributed by atoms with van der Waals surface area (Å²) in [5, 5.41) is 0. The molecule has 1 aliphatic carbocycles. The summed E-state index contributed by atoms with van der Waals surface area (Å²) in [7, 11) is 0. The molecule has 2 atom stereocenters. The summed E-state index contributed by atoms with van der Waals surface area (Å²) in [4.78, 5) is 0. The number of nitrogens with two attached hydrogens (primary N) is 1. The molecule has 2 nitrogen and oxygen atoms in total. The van der Waals surface area contributed by atoms with E-state index in [0.29, 0.717) is 11.5 Å². The number of ether oxygens (including phenoxy) is 1. The average Bonchev–Trinajstić information content (AvgIpc) is 2.23. The van der Waals surface area contributed by atoms with Crippen molar-refractivity contribution in [3.05, 3.63) is 29.8 Å². The molecule has 2 rings (SSSR count). The summed E-state index contributed by atoms with van der Waals surface area (Å²) in [6.45, 7) is 6.44. The monoisotopic (exact) mass is 301 g/mol. The lowest BCUT2D eigenvalue weighted by molar-refractivity contribution is -0.274. The Bertz CT molecular complexity index is 512. The molecule has 21 heavy (non-hydrogen) atoms. The van der Waals surface area contributed by atoms with Gasteiger partial charge in [0.05, 0.1) is 0 Å². The van der Waals surface area contributed by atoms with Crippen LogP contribution in [0.1, 0.15) is 45.6 Å². The molecule has 1 fully saturated rings. The van der Waals surface area contributed by atoms with Gasteiger partial charge in [-0.2, -0.15) is 0 Å². The summed E-state index contributed by atoms with van der Waals surface area (Å²) >= 11 is 0. The molecular weight excluding hydrogens is 279 g/mol. The average molecular weight is 301 g/mol. The van der Waals surface area contributed by atoms with E-state index < -0.39 is 11.9 Å². The molecule has 2 N–H and O–H groups in total. The number of rotatable bonds is 2. The van der Waals surface area contributed by atoms with E-state index >= 15 is 0 Å². The van der Waals surface area contributed by atoms with Gasteiger partial charge in [-0.15, -0.1) is 13.2 Å². The Labute approximate surface area is 123 Å². The molecular formula is C16H22F3NO. The van der Waals surface area contributed by atoms with Crippen molar-refractivity contribution in [2.24, 2.45) is 17.1 Å². The third-order valence-electron chi connectivity index (χ3n) is 4.05. The SMILES string of the molecule is CC1CC(C)(C)CC(N)(c2cccc(OC(F)(F)F)c2)C1. The van der Waals surface area contributed by atoms with Crippen LogP contribution in [0.4, 0.5) is 13.2 Å². The highest BCUT2D eigenvalue weighted by molar-refractivity contribution is 5.34. The summed E-state index contributed by atoms with van der Waals surface area (Å²) in [6, 6.07) is 6.08. The molecule has 5 heteroatoms. The van der Waals surface area contributed by atoms with Crippen LogP contribution in [0.2, 0.25) is 0 Å². The Morgan fingerprint density at radius 2 is 1.90 bits per heavy atom. The fraction of sp³-hybridized carbons (Fsp3) is 0.625. The molecule has 0 amide bonds. The highest BCUT2D eigenvalue weighted by Crippen LogP contribution is 2.47. The predicted octanol–water partition coefficient (Wildman–Crippen LogP) is 4.59. The van der Waals surface area contributed by atoms with Crippen LogP contribution in [-0.2, 0) is 5.54 Å². The van der Waals surface area contributed by atoms with E-state index in [2.05, 4.69) is 25.5 Å². The number of benzene rings is 1. The lowest BCUT2D eigenvalue weighted by atomic mass is 9.62. The largest absolute Gasteiger partial charge is 0.573 e. The van der Waals surface area contributed by atoms with Gasteiger partial charge in [0.15, 0.2) is 0 Å². The topological polar surface area (TPSA) is 35.2 Å². The molecule has 1 aromatic rings. The zero-order valence-corrected chi connectivity index (χ0v) is 12.6. The van der Waals surface area contributed by atoms with Gasteiger partial charge in [-0.1, -0.05) is 32.9 Å². The van der Waals surface area contributed by atoms with Gasteiger partial charge in [-0.3, -0.25) is 0 Å². The minimum atomic E-state index is -4.68. The van der Waals surface area contributed by atoms with Gasteiger partial charge in [0.25, 0.3) is 0 Å². The molecule has 1 aliphatic rings. The molecule has 0 aromatic heterocycles. The van der Waals surface area contributed by atoms with Crippen LogP contribution in [0, 0.1) is 11.3 Å². The molecule has 0 bridgehead atoms. The van der Waals surface area contributed by atoms with Crippen LogP contribution in [-0.4, -0.2) is 6.36 Å². The minimum Gasteiger partial charge on any atom is -0.406 e. The van der Waals surface area contributed by atoms with Gasteiger partial charge in [0.1, 0.15) is 5.75 Å². The quantitative estimate of drug-likeness (QED) is 0.867. The fourth-order valence-electron chi connectivity index (χ4n) is 3.86. The molecule has 1 saturated carbocycles. The van der Waals surface area contributed by atoms with Crippen molar-refractivity contribution < 1.29 is 17.9 Å². The second-order valence-corrected chi connectivity index (χ2v) is 7.09. The Morgan fingerprint density at radius 1 is 1.24 bits per heavy atom. The summed E-state index contributed by atoms with van der Waals surface area (Å²) in [6.07, 6.45) is -2.09. The van der Waals surface area contributed by atoms with Gasteiger partial charge in [0, 0.05) is 5.54 Å². The lowest BCUT2D eigenvalue weighted by Crippen LogP contribution is -2.46. The summed E-state index contributed by atoms with van der Waals surface area (Å²) in [5.41, 5.74) is 6.73. The molecule has 0 radical (unpaired) electrons. The highest BCUT2D eigenvalue weighted by atomic mass is 19.4. The molecule has 1 aromatic carbocycles. The van der Waals surface area contributed by atoms with Crippen molar-refractivity contribution in [3.63, 3.8) is 0 Å². The van der Waals surface area contributed by atoms with Crippen LogP contribution < -0.4 is 10.5 Å². The van der Waals surface area contributed by atoms with Crippen LogP contribution in [0.3, 0.4) is 0 Å². The second-order valence-electron chi connectivity index (χ2n) is 7.09. The van der Waals surface area contributed by atoms with Crippen molar-refractivity contribution in [2.75, 3.05) is 0 Å². The smallest absolute Gasteiger partial charge is 0.406 e. The molecule has 118 valence electrons. The van der Waals surface area contributed by atoms with Gasteiger partial charge in [0.2, 0.25) is 0 Å². The Kier molecular flexibility index (Phi) is 4.00. The first-order chi connectivity index (χ1) is 9.49. The van der Waals surface area contributed by atoms with E-state index in [1.54, 1.807) is 12.1 Å². The van der Waals surface area contributed by atoms with E-state index in [-0.39, 0.29) is 11.2 Å². The highest BCUT2D eigenvalue weighted by Gasteiger charge is 2.41. The normalized spacial score (nSPS) is 29.2. The Hall–Kier alpha value is -1.23. The van der Waals surface area contributed by atoms with E-state index in [9.17, 15) is 13.2 Å². The van der Waals surface area contributed by atoms with Gasteiger partial charge < -0.3 is 10.5 Å². The lowest BCUT2D eigenvalue weighted by Gasteiger charge is -2.46. The molecule has 0 heterocycles. The zero-order chi connectivity index (χ0) is 15.9. The molecule has 0 aliphatic heterocycles.